The number of anilines is 1. The summed E-state index contributed by atoms with van der Waals surface area (Å²) in [7, 11) is 0. The minimum absolute atomic E-state index is 0.00325. The SMILES string of the molecule is CCC1CN(c2nc(C(C)C)c(-c3ccccc3)cc2C#N)CCN1C(=O)c1ccoc1C. The van der Waals surface area contributed by atoms with Gasteiger partial charge in [-0.15, -0.1) is 0 Å². The third kappa shape index (κ3) is 4.36. The Morgan fingerprint density at radius 1 is 1.24 bits per heavy atom. The molecule has 1 aromatic carbocycles. The van der Waals surface area contributed by atoms with Crippen LogP contribution in [-0.2, 0) is 0 Å². The highest BCUT2D eigenvalue weighted by Gasteiger charge is 2.33. The molecule has 1 amide bonds. The van der Waals surface area contributed by atoms with Gasteiger partial charge in [0.15, 0.2) is 0 Å². The van der Waals surface area contributed by atoms with Crippen LogP contribution in [0.4, 0.5) is 5.82 Å². The van der Waals surface area contributed by atoms with Crippen molar-refractivity contribution in [1.82, 2.24) is 9.88 Å². The van der Waals surface area contributed by atoms with Gasteiger partial charge < -0.3 is 14.2 Å². The van der Waals surface area contributed by atoms with Crippen molar-refractivity contribution in [2.75, 3.05) is 24.5 Å². The van der Waals surface area contributed by atoms with Gasteiger partial charge in [0.2, 0.25) is 0 Å². The second-order valence-electron chi connectivity index (χ2n) is 8.82. The number of pyridine rings is 1. The number of nitriles is 1. The summed E-state index contributed by atoms with van der Waals surface area (Å²) >= 11 is 0. The molecular formula is C27H30N4O2. The van der Waals surface area contributed by atoms with Crippen molar-refractivity contribution in [3.05, 3.63) is 71.3 Å². The average molecular weight is 443 g/mol. The van der Waals surface area contributed by atoms with Crippen LogP contribution in [0.3, 0.4) is 0 Å². The van der Waals surface area contributed by atoms with Crippen LogP contribution in [0.5, 0.6) is 0 Å². The summed E-state index contributed by atoms with van der Waals surface area (Å²) in [5.41, 5.74) is 4.23. The average Bonchev–Trinajstić information content (AvgIpc) is 3.28. The summed E-state index contributed by atoms with van der Waals surface area (Å²) in [5.74, 6) is 1.57. The molecule has 0 saturated carbocycles. The fraction of sp³-hybridized carbons (Fsp3) is 0.370. The number of carbonyl (C=O) groups excluding carboxylic acids is 1. The molecule has 2 aromatic heterocycles. The molecular weight excluding hydrogens is 412 g/mol. The van der Waals surface area contributed by atoms with E-state index < -0.39 is 0 Å². The molecule has 1 atom stereocenters. The van der Waals surface area contributed by atoms with E-state index in [0.717, 1.165) is 23.2 Å². The fourth-order valence-electron chi connectivity index (χ4n) is 4.56. The molecule has 3 heterocycles. The van der Waals surface area contributed by atoms with E-state index in [2.05, 4.69) is 43.9 Å². The van der Waals surface area contributed by atoms with Crippen molar-refractivity contribution < 1.29 is 9.21 Å². The van der Waals surface area contributed by atoms with Crippen molar-refractivity contribution in [2.24, 2.45) is 0 Å². The van der Waals surface area contributed by atoms with Gasteiger partial charge in [-0.1, -0.05) is 51.1 Å². The Morgan fingerprint density at radius 2 is 2.00 bits per heavy atom. The van der Waals surface area contributed by atoms with Crippen molar-refractivity contribution >= 4 is 11.7 Å². The summed E-state index contributed by atoms with van der Waals surface area (Å²) in [6, 6.07) is 16.2. The second-order valence-corrected chi connectivity index (χ2v) is 8.82. The van der Waals surface area contributed by atoms with Crippen LogP contribution in [0.25, 0.3) is 11.1 Å². The highest BCUT2D eigenvalue weighted by molar-refractivity contribution is 5.95. The Morgan fingerprint density at radius 3 is 2.61 bits per heavy atom. The maximum Gasteiger partial charge on any atom is 0.257 e. The van der Waals surface area contributed by atoms with Crippen LogP contribution in [0, 0.1) is 18.3 Å². The lowest BCUT2D eigenvalue weighted by Gasteiger charge is -2.42. The number of hydrogen-bond acceptors (Lipinski definition) is 5. The van der Waals surface area contributed by atoms with E-state index in [1.807, 2.05) is 36.1 Å². The minimum atomic E-state index is 0.00325. The first-order valence-corrected chi connectivity index (χ1v) is 11.5. The van der Waals surface area contributed by atoms with E-state index in [1.54, 1.807) is 12.3 Å². The number of benzene rings is 1. The van der Waals surface area contributed by atoms with Gasteiger partial charge in [-0.25, -0.2) is 4.98 Å². The maximum atomic E-state index is 13.1. The number of piperazine rings is 1. The Kier molecular flexibility index (Phi) is 6.50. The van der Waals surface area contributed by atoms with Gasteiger partial charge >= 0.3 is 0 Å². The van der Waals surface area contributed by atoms with Gasteiger partial charge in [-0.3, -0.25) is 4.79 Å². The standard InChI is InChI=1S/C27H30N4O2/c1-5-22-17-30(12-13-31(22)27(32)23-11-14-33-19(23)4)26-21(16-28)15-24(25(29-26)18(2)3)20-9-7-6-8-10-20/h6-11,14-15,18,22H,5,12-13,17H2,1-4H3. The van der Waals surface area contributed by atoms with Gasteiger partial charge in [-0.05, 0) is 37.0 Å². The van der Waals surface area contributed by atoms with Crippen molar-refractivity contribution in [2.45, 2.75) is 46.1 Å². The first-order valence-electron chi connectivity index (χ1n) is 11.5. The third-order valence-corrected chi connectivity index (χ3v) is 6.39. The molecule has 1 aliphatic rings. The maximum absolute atomic E-state index is 13.1. The molecule has 0 N–H and O–H groups in total. The summed E-state index contributed by atoms with van der Waals surface area (Å²) in [4.78, 5) is 22.3. The molecule has 3 aromatic rings. The molecule has 4 rings (SSSR count). The minimum Gasteiger partial charge on any atom is -0.469 e. The van der Waals surface area contributed by atoms with Crippen LogP contribution in [0.1, 0.15) is 60.5 Å². The summed E-state index contributed by atoms with van der Waals surface area (Å²) in [5, 5.41) is 9.98. The van der Waals surface area contributed by atoms with Crippen molar-refractivity contribution in [3.8, 4) is 17.2 Å². The fourth-order valence-corrected chi connectivity index (χ4v) is 4.56. The van der Waals surface area contributed by atoms with Crippen LogP contribution in [0.15, 0.2) is 53.1 Å². The highest BCUT2D eigenvalue weighted by Crippen LogP contribution is 2.33. The summed E-state index contributed by atoms with van der Waals surface area (Å²) < 4.78 is 5.35. The topological polar surface area (TPSA) is 73.4 Å². The van der Waals surface area contributed by atoms with Crippen molar-refractivity contribution in [1.29, 1.82) is 5.26 Å². The number of rotatable bonds is 5. The molecule has 1 fully saturated rings. The van der Waals surface area contributed by atoms with E-state index in [9.17, 15) is 10.1 Å². The van der Waals surface area contributed by atoms with Crippen LogP contribution in [0.2, 0.25) is 0 Å². The Hall–Kier alpha value is -3.59. The molecule has 6 nitrogen and oxygen atoms in total. The number of aryl methyl sites for hydroxylation is 1. The van der Waals surface area contributed by atoms with Crippen LogP contribution < -0.4 is 4.90 Å². The predicted molar refractivity (Wildman–Crippen MR) is 129 cm³/mol. The number of furan rings is 1. The normalized spacial score (nSPS) is 16.2. The lowest BCUT2D eigenvalue weighted by Crippen LogP contribution is -2.55. The van der Waals surface area contributed by atoms with E-state index in [1.165, 1.54) is 0 Å². The summed E-state index contributed by atoms with van der Waals surface area (Å²) in [6.45, 7) is 10.0. The molecule has 0 spiro atoms. The first-order chi connectivity index (χ1) is 15.9. The van der Waals surface area contributed by atoms with Crippen molar-refractivity contribution in [3.63, 3.8) is 0 Å². The molecule has 6 heteroatoms. The van der Waals surface area contributed by atoms with Gasteiger partial charge in [0, 0.05) is 31.2 Å². The summed E-state index contributed by atoms with van der Waals surface area (Å²) in [6.07, 6.45) is 2.38. The molecule has 1 saturated heterocycles. The van der Waals surface area contributed by atoms with Gasteiger partial charge in [-0.2, -0.15) is 5.26 Å². The quantitative estimate of drug-likeness (QED) is 0.530. The van der Waals surface area contributed by atoms with Crippen LogP contribution >= 0.6 is 0 Å². The monoisotopic (exact) mass is 442 g/mol. The smallest absolute Gasteiger partial charge is 0.257 e. The zero-order valence-corrected chi connectivity index (χ0v) is 19.7. The largest absolute Gasteiger partial charge is 0.469 e. The van der Waals surface area contributed by atoms with Gasteiger partial charge in [0.1, 0.15) is 17.6 Å². The molecule has 0 bridgehead atoms. The number of nitrogens with zero attached hydrogens (tertiary/aromatic N) is 4. The lowest BCUT2D eigenvalue weighted by molar-refractivity contribution is 0.0649. The molecule has 170 valence electrons. The van der Waals surface area contributed by atoms with Gasteiger partial charge in [0.05, 0.1) is 23.1 Å². The number of hydrogen-bond donors (Lipinski definition) is 0. The first kappa shape index (κ1) is 22.6. The van der Waals surface area contributed by atoms with Gasteiger partial charge in [0.25, 0.3) is 5.91 Å². The molecule has 0 aliphatic carbocycles. The van der Waals surface area contributed by atoms with E-state index >= 15 is 0 Å². The molecule has 1 aliphatic heterocycles. The number of carbonyl (C=O) groups is 1. The second kappa shape index (κ2) is 9.50. The zero-order valence-electron chi connectivity index (χ0n) is 19.7. The van der Waals surface area contributed by atoms with E-state index in [4.69, 9.17) is 9.40 Å². The van der Waals surface area contributed by atoms with E-state index in [0.29, 0.717) is 42.3 Å². The zero-order chi connectivity index (χ0) is 23.5. The Bertz CT molecular complexity index is 1180. The third-order valence-electron chi connectivity index (χ3n) is 6.39. The number of aromatic nitrogens is 1. The lowest BCUT2D eigenvalue weighted by atomic mass is 9.95. The number of amides is 1. The molecule has 0 radical (unpaired) electrons. The highest BCUT2D eigenvalue weighted by atomic mass is 16.3. The molecule has 1 unspecified atom stereocenters. The van der Waals surface area contributed by atoms with E-state index in [-0.39, 0.29) is 17.9 Å². The predicted octanol–water partition coefficient (Wildman–Crippen LogP) is 5.39. The molecule has 33 heavy (non-hydrogen) atoms. The van der Waals surface area contributed by atoms with Crippen LogP contribution in [-0.4, -0.2) is 41.5 Å². The Balaban J connectivity index is 1.67. The Labute approximate surface area is 195 Å².